The third-order valence-electron chi connectivity index (χ3n) is 1.26. The molecule has 0 aromatic heterocycles. The van der Waals surface area contributed by atoms with Gasteiger partial charge in [0.05, 0.1) is 0 Å². The molecule has 1 aliphatic rings. The molecule has 0 N–H and O–H groups in total. The van der Waals surface area contributed by atoms with Gasteiger partial charge >= 0.3 is 6.42 Å². The number of fused-ring (bicyclic) bond motifs is 1. The summed E-state index contributed by atoms with van der Waals surface area (Å²) in [7, 11) is 0. The highest BCUT2D eigenvalue weighted by Gasteiger charge is 2.50. The Morgan fingerprint density at radius 1 is 1.00 bits per heavy atom. The van der Waals surface area contributed by atoms with Gasteiger partial charge in [-0.25, -0.2) is 0 Å². The van der Waals surface area contributed by atoms with Gasteiger partial charge in [0.25, 0.3) is 0 Å². The van der Waals surface area contributed by atoms with Crippen LogP contribution in [0.3, 0.4) is 0 Å². The molecule has 1 heterocycles. The van der Waals surface area contributed by atoms with Gasteiger partial charge in [0, 0.05) is 0 Å². The van der Waals surface area contributed by atoms with E-state index in [2.05, 4.69) is 0 Å². The van der Waals surface area contributed by atoms with Gasteiger partial charge in [0.1, 0.15) is 0 Å². The number of benzene rings is 1. The summed E-state index contributed by atoms with van der Waals surface area (Å²) >= 11 is 11.3. The van der Waals surface area contributed by atoms with Gasteiger partial charge in [-0.2, -0.15) is 0 Å². The highest BCUT2D eigenvalue weighted by atomic mass is 35.9. The fourth-order valence-electron chi connectivity index (χ4n) is 0.849. The molecule has 0 saturated heterocycles. The van der Waals surface area contributed by atoms with Crippen LogP contribution in [0.15, 0.2) is 24.3 Å². The molecule has 1 aromatic carbocycles. The van der Waals surface area contributed by atoms with E-state index in [0.717, 1.165) is 0 Å². The van der Waals surface area contributed by atoms with E-state index in [1.165, 1.54) is 0 Å². The topological polar surface area (TPSA) is 18.5 Å². The van der Waals surface area contributed by atoms with Crippen LogP contribution in [0.5, 0.6) is 11.5 Å². The first-order valence-corrected chi connectivity index (χ1v) is 6.37. The fourth-order valence-corrected chi connectivity index (χ4v) is 2.54. The summed E-state index contributed by atoms with van der Waals surface area (Å²) in [6.45, 7) is 0. The van der Waals surface area contributed by atoms with Crippen molar-refractivity contribution in [3.8, 4) is 11.5 Å². The van der Waals surface area contributed by atoms with Crippen molar-refractivity contribution in [2.45, 2.75) is 0 Å². The molecule has 1 aromatic rings. The zero-order valence-corrected chi connectivity index (χ0v) is 7.74. The lowest BCUT2D eigenvalue weighted by atomic mass is 10.3. The van der Waals surface area contributed by atoms with E-state index < -0.39 is 6.42 Å². The van der Waals surface area contributed by atoms with Crippen molar-refractivity contribution in [1.29, 1.82) is 0 Å². The minimum atomic E-state index is -2.63. The number of para-hydroxylation sites is 2. The summed E-state index contributed by atoms with van der Waals surface area (Å²) in [4.78, 5) is 0. The Labute approximate surface area is 74.1 Å². The van der Waals surface area contributed by atoms with E-state index in [1.54, 1.807) is 12.1 Å². The molecule has 0 fully saturated rings. The molecule has 0 amide bonds. The van der Waals surface area contributed by atoms with Crippen molar-refractivity contribution in [3.05, 3.63) is 24.3 Å². The minimum absolute atomic E-state index is 0.617. The Balaban J connectivity index is 2.41. The van der Waals surface area contributed by atoms with Crippen molar-refractivity contribution < 1.29 is 9.05 Å². The molecular weight excluding hydrogens is 206 g/mol. The van der Waals surface area contributed by atoms with Gasteiger partial charge in [-0.3, -0.25) is 9.05 Å². The predicted octanol–water partition coefficient (Wildman–Crippen LogP) is 3.61. The van der Waals surface area contributed by atoms with Crippen LogP contribution < -0.4 is 9.05 Å². The average molecular weight is 210 g/mol. The molecule has 0 atom stereocenters. The van der Waals surface area contributed by atoms with Crippen LogP contribution in [0.25, 0.3) is 0 Å². The van der Waals surface area contributed by atoms with Gasteiger partial charge in [0.2, 0.25) is 11.5 Å². The number of hydrogen-bond acceptors (Lipinski definition) is 2. The molecule has 0 unspecified atom stereocenters. The maximum absolute atomic E-state index is 5.67. The molecule has 0 aliphatic carbocycles. The molecule has 1 aliphatic heterocycles. The van der Waals surface area contributed by atoms with Gasteiger partial charge in [-0.05, 0) is 12.1 Å². The summed E-state index contributed by atoms with van der Waals surface area (Å²) in [5.41, 5.74) is 0. The van der Waals surface area contributed by atoms with Crippen molar-refractivity contribution >= 4 is 28.9 Å². The quantitative estimate of drug-likeness (QED) is 0.608. The third kappa shape index (κ3) is 1.39. The molecular formula is C6H4Cl2O2P+. The molecule has 0 radical (unpaired) electrons. The Morgan fingerprint density at radius 3 is 1.91 bits per heavy atom. The van der Waals surface area contributed by atoms with E-state index >= 15 is 0 Å². The molecule has 0 bridgehead atoms. The SMILES string of the molecule is Cl[P+]1(Cl)Oc2ccccc2O1. The van der Waals surface area contributed by atoms with Crippen LogP contribution in [0.4, 0.5) is 0 Å². The van der Waals surface area contributed by atoms with Gasteiger partial charge < -0.3 is 0 Å². The maximum Gasteiger partial charge on any atom is 0.563 e. The van der Waals surface area contributed by atoms with Crippen LogP contribution in [-0.2, 0) is 0 Å². The normalized spacial score (nSPS) is 18.4. The number of halogens is 2. The predicted molar refractivity (Wildman–Crippen MR) is 46.3 cm³/mol. The van der Waals surface area contributed by atoms with E-state index in [9.17, 15) is 0 Å². The lowest BCUT2D eigenvalue weighted by Gasteiger charge is -1.93. The lowest BCUT2D eigenvalue weighted by Crippen LogP contribution is -1.83. The second-order valence-electron chi connectivity index (χ2n) is 2.04. The van der Waals surface area contributed by atoms with Crippen LogP contribution in [0.2, 0.25) is 0 Å². The highest BCUT2D eigenvalue weighted by molar-refractivity contribution is 8.11. The Morgan fingerprint density at radius 2 is 1.45 bits per heavy atom. The molecule has 11 heavy (non-hydrogen) atoms. The zero-order chi connectivity index (χ0) is 7.90. The molecule has 2 rings (SSSR count). The van der Waals surface area contributed by atoms with Crippen LogP contribution >= 0.6 is 28.9 Å². The fraction of sp³-hybridized carbons (Fsp3) is 0. The molecule has 0 spiro atoms. The number of hydrogen-bond donors (Lipinski definition) is 0. The summed E-state index contributed by atoms with van der Waals surface area (Å²) in [6.07, 6.45) is -2.63. The third-order valence-corrected chi connectivity index (χ3v) is 2.90. The van der Waals surface area contributed by atoms with Gasteiger partial charge in [-0.15, -0.1) is 0 Å². The minimum Gasteiger partial charge on any atom is -0.269 e. The molecule has 58 valence electrons. The first-order valence-electron chi connectivity index (χ1n) is 2.94. The summed E-state index contributed by atoms with van der Waals surface area (Å²) in [5, 5.41) is 0. The summed E-state index contributed by atoms with van der Waals surface area (Å²) < 4.78 is 10.2. The Hall–Kier alpha value is -0.170. The van der Waals surface area contributed by atoms with Crippen LogP contribution in [0.1, 0.15) is 0 Å². The van der Waals surface area contributed by atoms with E-state index in [0.29, 0.717) is 11.5 Å². The Bertz CT molecular complexity index is 263. The standard InChI is InChI=1S/C6H4Cl2O2P/c7-11(8)9-5-3-1-2-4-6(5)10-11/h1-4H/q+1. The number of rotatable bonds is 0. The maximum atomic E-state index is 5.67. The summed E-state index contributed by atoms with van der Waals surface area (Å²) in [5.74, 6) is 1.23. The van der Waals surface area contributed by atoms with Gasteiger partial charge in [-0.1, -0.05) is 12.1 Å². The van der Waals surface area contributed by atoms with Crippen molar-refractivity contribution in [2.75, 3.05) is 0 Å². The molecule has 5 heteroatoms. The largest absolute Gasteiger partial charge is 0.563 e. The van der Waals surface area contributed by atoms with Crippen molar-refractivity contribution in [1.82, 2.24) is 0 Å². The highest BCUT2D eigenvalue weighted by Crippen LogP contribution is 2.74. The van der Waals surface area contributed by atoms with Crippen LogP contribution in [0, 0.1) is 0 Å². The first-order chi connectivity index (χ1) is 5.17. The second kappa shape index (κ2) is 2.41. The van der Waals surface area contributed by atoms with Crippen molar-refractivity contribution in [3.63, 3.8) is 0 Å². The monoisotopic (exact) mass is 209 g/mol. The van der Waals surface area contributed by atoms with Crippen LogP contribution in [-0.4, -0.2) is 0 Å². The van der Waals surface area contributed by atoms with E-state index in [1.807, 2.05) is 12.1 Å². The lowest BCUT2D eigenvalue weighted by molar-refractivity contribution is 0.586. The first kappa shape index (κ1) is 7.48. The average Bonchev–Trinajstić information content (AvgIpc) is 2.21. The smallest absolute Gasteiger partial charge is 0.269 e. The molecule has 0 saturated carbocycles. The second-order valence-corrected chi connectivity index (χ2v) is 6.43. The molecule has 2 nitrogen and oxygen atoms in total. The van der Waals surface area contributed by atoms with Crippen molar-refractivity contribution in [2.24, 2.45) is 0 Å². The summed E-state index contributed by atoms with van der Waals surface area (Å²) in [6, 6.07) is 7.20. The zero-order valence-electron chi connectivity index (χ0n) is 5.33. The van der Waals surface area contributed by atoms with E-state index in [4.69, 9.17) is 31.5 Å². The van der Waals surface area contributed by atoms with E-state index in [-0.39, 0.29) is 0 Å². The Kier molecular flexibility index (Phi) is 1.64. The van der Waals surface area contributed by atoms with Gasteiger partial charge in [0.15, 0.2) is 22.5 Å².